The van der Waals surface area contributed by atoms with Crippen LogP contribution in [0.4, 0.5) is 0 Å². The Hall–Kier alpha value is -2.53. The van der Waals surface area contributed by atoms with Gasteiger partial charge in [-0.1, -0.05) is 24.3 Å². The highest BCUT2D eigenvalue weighted by Crippen LogP contribution is 2.40. The van der Waals surface area contributed by atoms with Crippen molar-refractivity contribution in [3.63, 3.8) is 0 Å². The first kappa shape index (κ1) is 13.2. The van der Waals surface area contributed by atoms with Crippen LogP contribution in [0.5, 0.6) is 5.75 Å². The molecule has 1 fully saturated rings. The Morgan fingerprint density at radius 3 is 2.91 bits per heavy atom. The van der Waals surface area contributed by atoms with E-state index in [1.165, 1.54) is 0 Å². The van der Waals surface area contributed by atoms with Gasteiger partial charge in [0.15, 0.2) is 11.3 Å². The number of ether oxygens (including phenoxy) is 1. The summed E-state index contributed by atoms with van der Waals surface area (Å²) in [5, 5.41) is 2.09. The number of hydrazine groups is 1. The van der Waals surface area contributed by atoms with Gasteiger partial charge in [-0.3, -0.25) is 10.2 Å². The summed E-state index contributed by atoms with van der Waals surface area (Å²) < 4.78 is 11.4. The van der Waals surface area contributed by atoms with Gasteiger partial charge in [-0.2, -0.15) is 0 Å². The molecule has 112 valence electrons. The fourth-order valence-corrected chi connectivity index (χ4v) is 3.17. The van der Waals surface area contributed by atoms with Gasteiger partial charge in [0.2, 0.25) is 5.91 Å². The topological polar surface area (TPSA) is 63.5 Å². The number of benzene rings is 2. The third kappa shape index (κ3) is 1.94. The Kier molecular flexibility index (Phi) is 3.01. The van der Waals surface area contributed by atoms with E-state index in [1.54, 1.807) is 7.11 Å². The summed E-state index contributed by atoms with van der Waals surface area (Å²) in [6, 6.07) is 11.9. The van der Waals surface area contributed by atoms with E-state index in [-0.39, 0.29) is 11.8 Å². The zero-order valence-corrected chi connectivity index (χ0v) is 12.2. The Balaban J connectivity index is 2.00. The third-order valence-corrected chi connectivity index (χ3v) is 4.19. The molecule has 0 saturated carbocycles. The lowest BCUT2D eigenvalue weighted by atomic mass is 9.90. The molecule has 0 radical (unpaired) electrons. The second kappa shape index (κ2) is 5.03. The van der Waals surface area contributed by atoms with Crippen molar-refractivity contribution >= 4 is 27.8 Å². The van der Waals surface area contributed by atoms with E-state index in [0.29, 0.717) is 18.7 Å². The largest absolute Gasteiger partial charge is 0.493 e. The molecule has 2 aromatic carbocycles. The summed E-state index contributed by atoms with van der Waals surface area (Å²) in [5.41, 5.74) is 8.29. The molecule has 2 heterocycles. The molecule has 1 atom stereocenters. The number of furan rings is 1. The van der Waals surface area contributed by atoms with Crippen LogP contribution in [0.2, 0.25) is 0 Å². The van der Waals surface area contributed by atoms with Gasteiger partial charge < -0.3 is 9.15 Å². The second-order valence-corrected chi connectivity index (χ2v) is 5.49. The average molecular weight is 296 g/mol. The minimum Gasteiger partial charge on any atom is -0.493 e. The molecule has 1 amide bonds. The van der Waals surface area contributed by atoms with Crippen LogP contribution in [0.3, 0.4) is 0 Å². The summed E-state index contributed by atoms with van der Waals surface area (Å²) >= 11 is 0. The number of hydrogen-bond donors (Lipinski definition) is 2. The molecule has 1 unspecified atom stereocenters. The van der Waals surface area contributed by atoms with E-state index in [9.17, 15) is 4.79 Å². The molecular weight excluding hydrogens is 280 g/mol. The molecule has 5 heteroatoms. The molecule has 4 rings (SSSR count). The maximum Gasteiger partial charge on any atom is 0.234 e. The number of carbonyl (C=O) groups is 1. The monoisotopic (exact) mass is 296 g/mol. The molecule has 1 aliphatic rings. The molecule has 1 aliphatic heterocycles. The van der Waals surface area contributed by atoms with Crippen LogP contribution in [0, 0.1) is 0 Å². The Labute approximate surface area is 127 Å². The number of methoxy groups -OCH3 is 1. The van der Waals surface area contributed by atoms with Gasteiger partial charge in [-0.25, -0.2) is 5.43 Å². The van der Waals surface area contributed by atoms with Gasteiger partial charge >= 0.3 is 0 Å². The maximum absolute atomic E-state index is 11.7. The van der Waals surface area contributed by atoms with E-state index >= 15 is 0 Å². The van der Waals surface area contributed by atoms with Crippen molar-refractivity contribution in [3.05, 3.63) is 42.0 Å². The van der Waals surface area contributed by atoms with Gasteiger partial charge in [0.25, 0.3) is 0 Å². The number of nitrogens with one attached hydrogen (secondary N) is 2. The van der Waals surface area contributed by atoms with Crippen LogP contribution in [-0.2, 0) is 4.79 Å². The molecule has 5 nitrogen and oxygen atoms in total. The second-order valence-electron chi connectivity index (χ2n) is 5.49. The lowest BCUT2D eigenvalue weighted by molar-refractivity contribution is -0.123. The van der Waals surface area contributed by atoms with Crippen molar-refractivity contribution in [2.75, 3.05) is 13.7 Å². The predicted octanol–water partition coefficient (Wildman–Crippen LogP) is 2.70. The summed E-state index contributed by atoms with van der Waals surface area (Å²) in [4.78, 5) is 11.7. The standard InChI is InChI=1S/C17H16N2O3/c1-21-14-7-6-11(10-8-15(20)19-18-9-10)16-12-4-2-3-5-13(12)22-17(14)16/h2-7,10,18H,8-9H2,1H3,(H,19,20). The first-order chi connectivity index (χ1) is 10.8. The molecule has 22 heavy (non-hydrogen) atoms. The predicted molar refractivity (Wildman–Crippen MR) is 83.8 cm³/mol. The number of amides is 1. The number of carbonyl (C=O) groups excluding carboxylic acids is 1. The zero-order chi connectivity index (χ0) is 15.1. The van der Waals surface area contributed by atoms with Gasteiger partial charge in [0.1, 0.15) is 5.58 Å². The van der Waals surface area contributed by atoms with Crippen molar-refractivity contribution < 1.29 is 13.9 Å². The van der Waals surface area contributed by atoms with Crippen molar-refractivity contribution in [1.29, 1.82) is 0 Å². The van der Waals surface area contributed by atoms with Crippen molar-refractivity contribution in [2.45, 2.75) is 12.3 Å². The van der Waals surface area contributed by atoms with Crippen LogP contribution >= 0.6 is 0 Å². The highest BCUT2D eigenvalue weighted by Gasteiger charge is 2.25. The van der Waals surface area contributed by atoms with Gasteiger partial charge in [-0.05, 0) is 17.7 Å². The maximum atomic E-state index is 11.7. The number of fused-ring (bicyclic) bond motifs is 3. The highest BCUT2D eigenvalue weighted by molar-refractivity contribution is 6.09. The summed E-state index contributed by atoms with van der Waals surface area (Å²) in [6.45, 7) is 0.701. The summed E-state index contributed by atoms with van der Waals surface area (Å²) in [7, 11) is 1.64. The van der Waals surface area contributed by atoms with Crippen LogP contribution in [-0.4, -0.2) is 19.6 Å². The van der Waals surface area contributed by atoms with E-state index in [0.717, 1.165) is 27.5 Å². The van der Waals surface area contributed by atoms with E-state index in [1.807, 2.05) is 36.4 Å². The fourth-order valence-electron chi connectivity index (χ4n) is 3.17. The van der Waals surface area contributed by atoms with Crippen molar-refractivity contribution in [3.8, 4) is 5.75 Å². The molecular formula is C17H16N2O3. The average Bonchev–Trinajstić information content (AvgIpc) is 2.93. The fraction of sp³-hybridized carbons (Fsp3) is 0.235. The minimum absolute atomic E-state index is 0.00742. The number of rotatable bonds is 2. The summed E-state index contributed by atoms with van der Waals surface area (Å²) in [5.74, 6) is 0.833. The molecule has 3 aromatic rings. The molecule has 0 bridgehead atoms. The Morgan fingerprint density at radius 2 is 2.09 bits per heavy atom. The van der Waals surface area contributed by atoms with Crippen LogP contribution in [0.1, 0.15) is 17.9 Å². The minimum atomic E-state index is 0.00742. The lowest BCUT2D eigenvalue weighted by Gasteiger charge is -2.24. The number of hydrogen-bond acceptors (Lipinski definition) is 4. The Bertz CT molecular complexity index is 869. The van der Waals surface area contributed by atoms with Crippen LogP contribution < -0.4 is 15.6 Å². The normalized spacial score (nSPS) is 18.6. The lowest BCUT2D eigenvalue weighted by Crippen LogP contribution is -2.45. The molecule has 1 saturated heterocycles. The van der Waals surface area contributed by atoms with Gasteiger partial charge in [-0.15, -0.1) is 0 Å². The van der Waals surface area contributed by atoms with Crippen molar-refractivity contribution in [1.82, 2.24) is 10.9 Å². The molecule has 1 aromatic heterocycles. The summed E-state index contributed by atoms with van der Waals surface area (Å²) in [6.07, 6.45) is 0.466. The highest BCUT2D eigenvalue weighted by atomic mass is 16.5. The van der Waals surface area contributed by atoms with E-state index in [2.05, 4.69) is 10.9 Å². The van der Waals surface area contributed by atoms with Crippen LogP contribution in [0.15, 0.2) is 40.8 Å². The van der Waals surface area contributed by atoms with Gasteiger partial charge in [0, 0.05) is 29.7 Å². The van der Waals surface area contributed by atoms with E-state index in [4.69, 9.17) is 9.15 Å². The zero-order valence-electron chi connectivity index (χ0n) is 12.2. The smallest absolute Gasteiger partial charge is 0.234 e. The quantitative estimate of drug-likeness (QED) is 0.763. The van der Waals surface area contributed by atoms with E-state index < -0.39 is 0 Å². The molecule has 0 spiro atoms. The molecule has 0 aliphatic carbocycles. The first-order valence-electron chi connectivity index (χ1n) is 7.28. The van der Waals surface area contributed by atoms with Crippen molar-refractivity contribution in [2.24, 2.45) is 0 Å². The number of para-hydroxylation sites is 1. The SMILES string of the molecule is COc1ccc(C2CNNC(=O)C2)c2c1oc1ccccc12. The van der Waals surface area contributed by atoms with Gasteiger partial charge in [0.05, 0.1) is 7.11 Å². The van der Waals surface area contributed by atoms with Crippen LogP contribution in [0.25, 0.3) is 21.9 Å². The third-order valence-electron chi connectivity index (χ3n) is 4.19. The Morgan fingerprint density at radius 1 is 1.23 bits per heavy atom. The molecule has 2 N–H and O–H groups in total. The first-order valence-corrected chi connectivity index (χ1v) is 7.28.